The van der Waals surface area contributed by atoms with E-state index in [1.54, 1.807) is 13.0 Å². The summed E-state index contributed by atoms with van der Waals surface area (Å²) < 4.78 is 10.4. The number of benzene rings is 1. The first-order valence-electron chi connectivity index (χ1n) is 7.16. The van der Waals surface area contributed by atoms with Crippen LogP contribution in [0.5, 0.6) is 0 Å². The van der Waals surface area contributed by atoms with E-state index in [4.69, 9.17) is 9.15 Å². The third-order valence-electron chi connectivity index (χ3n) is 3.58. The Balaban J connectivity index is 1.81. The summed E-state index contributed by atoms with van der Waals surface area (Å²) in [6.07, 6.45) is 2.99. The van der Waals surface area contributed by atoms with Crippen molar-refractivity contribution in [2.24, 2.45) is 0 Å². The van der Waals surface area contributed by atoms with Gasteiger partial charge in [-0.3, -0.25) is 0 Å². The quantitative estimate of drug-likeness (QED) is 0.851. The molecule has 0 aliphatic carbocycles. The van der Waals surface area contributed by atoms with Crippen molar-refractivity contribution >= 4 is 12.0 Å². The monoisotopic (exact) mass is 312 g/mol. The lowest BCUT2D eigenvalue weighted by atomic mass is 9.98. The van der Waals surface area contributed by atoms with Crippen LogP contribution in [0, 0.1) is 0 Å². The zero-order valence-electron chi connectivity index (χ0n) is 12.5. The van der Waals surface area contributed by atoms with Crippen LogP contribution < -0.4 is 10.6 Å². The van der Waals surface area contributed by atoms with E-state index in [1.807, 2.05) is 30.3 Å². The van der Waals surface area contributed by atoms with E-state index in [9.17, 15) is 9.59 Å². The molecule has 0 saturated heterocycles. The number of rotatable bonds is 4. The number of carbonyl (C=O) groups is 2. The van der Waals surface area contributed by atoms with Gasteiger partial charge in [-0.05, 0) is 18.6 Å². The van der Waals surface area contributed by atoms with Gasteiger partial charge >= 0.3 is 12.0 Å². The number of allylic oxidation sites excluding steroid dienone is 1. The maximum Gasteiger partial charge on any atom is 0.338 e. The number of carbonyl (C=O) groups excluding carboxylic acids is 2. The average Bonchev–Trinajstić information content (AvgIpc) is 3.07. The summed E-state index contributed by atoms with van der Waals surface area (Å²) in [4.78, 5) is 24.2. The van der Waals surface area contributed by atoms with Crippen LogP contribution in [0.2, 0.25) is 0 Å². The number of nitrogens with one attached hydrogen (secondary N) is 2. The molecular weight excluding hydrogens is 296 g/mol. The van der Waals surface area contributed by atoms with Gasteiger partial charge < -0.3 is 19.8 Å². The van der Waals surface area contributed by atoms with Crippen molar-refractivity contribution in [2.45, 2.75) is 19.6 Å². The first kappa shape index (κ1) is 14.9. The summed E-state index contributed by atoms with van der Waals surface area (Å²) in [7, 11) is 0. The Labute approximate surface area is 133 Å². The summed E-state index contributed by atoms with van der Waals surface area (Å²) in [6.45, 7) is 1.84. The lowest BCUT2D eigenvalue weighted by Crippen LogP contribution is -2.45. The van der Waals surface area contributed by atoms with Gasteiger partial charge in [0.2, 0.25) is 0 Å². The van der Waals surface area contributed by atoms with Gasteiger partial charge in [-0.2, -0.15) is 0 Å². The Kier molecular flexibility index (Phi) is 4.14. The van der Waals surface area contributed by atoms with Crippen LogP contribution in [-0.2, 0) is 16.1 Å². The van der Waals surface area contributed by atoms with Crippen LogP contribution in [0.4, 0.5) is 4.79 Å². The van der Waals surface area contributed by atoms with E-state index in [-0.39, 0.29) is 12.6 Å². The molecule has 1 aromatic heterocycles. The van der Waals surface area contributed by atoms with E-state index >= 15 is 0 Å². The molecule has 1 unspecified atom stereocenters. The molecule has 118 valence electrons. The fourth-order valence-corrected chi connectivity index (χ4v) is 2.45. The first-order chi connectivity index (χ1) is 11.1. The Morgan fingerprint density at radius 1 is 1.26 bits per heavy atom. The summed E-state index contributed by atoms with van der Waals surface area (Å²) in [5.74, 6) is -0.481. The highest BCUT2D eigenvalue weighted by atomic mass is 16.5. The van der Waals surface area contributed by atoms with Crippen molar-refractivity contribution in [2.75, 3.05) is 0 Å². The molecule has 0 radical (unpaired) electrons. The second-order valence-corrected chi connectivity index (χ2v) is 5.19. The minimum atomic E-state index is -0.592. The summed E-state index contributed by atoms with van der Waals surface area (Å²) in [6, 6.07) is 10.2. The number of amides is 2. The molecule has 0 fully saturated rings. The summed E-state index contributed by atoms with van der Waals surface area (Å²) in [5, 5.41) is 5.31. The molecule has 0 spiro atoms. The largest absolute Gasteiger partial charge is 0.472 e. The van der Waals surface area contributed by atoms with Crippen LogP contribution in [0.1, 0.15) is 24.1 Å². The van der Waals surface area contributed by atoms with Gasteiger partial charge in [-0.25, -0.2) is 9.59 Å². The van der Waals surface area contributed by atoms with Gasteiger partial charge in [0.25, 0.3) is 0 Å². The van der Waals surface area contributed by atoms with Crippen molar-refractivity contribution in [3.05, 3.63) is 71.3 Å². The van der Waals surface area contributed by atoms with E-state index in [0.717, 1.165) is 5.56 Å². The lowest BCUT2D eigenvalue weighted by Gasteiger charge is -2.27. The standard InChI is InChI=1S/C17H16N2O4/c1-11-14(16(20)23-9-12-5-3-2-4-6-12)15(19-17(21)18-11)13-7-8-22-10-13/h2-8,10,15H,9H2,1H3,(H2,18,19,21). The van der Waals surface area contributed by atoms with Gasteiger partial charge in [0.15, 0.2) is 0 Å². The van der Waals surface area contributed by atoms with Gasteiger partial charge in [-0.1, -0.05) is 30.3 Å². The van der Waals surface area contributed by atoms with Gasteiger partial charge in [0.1, 0.15) is 6.61 Å². The maximum atomic E-state index is 12.5. The Morgan fingerprint density at radius 3 is 2.74 bits per heavy atom. The third kappa shape index (κ3) is 3.26. The highest BCUT2D eigenvalue weighted by Crippen LogP contribution is 2.28. The van der Waals surface area contributed by atoms with E-state index in [1.165, 1.54) is 12.5 Å². The highest BCUT2D eigenvalue weighted by molar-refractivity contribution is 5.94. The number of hydrogen-bond donors (Lipinski definition) is 2. The summed E-state index contributed by atoms with van der Waals surface area (Å²) in [5.41, 5.74) is 2.41. The molecule has 23 heavy (non-hydrogen) atoms. The van der Waals surface area contributed by atoms with Gasteiger partial charge in [0.05, 0.1) is 24.1 Å². The Hall–Kier alpha value is -3.02. The Bertz CT molecular complexity index is 735. The zero-order valence-corrected chi connectivity index (χ0v) is 12.5. The molecule has 2 heterocycles. The fraction of sp³-hybridized carbons (Fsp3) is 0.176. The highest BCUT2D eigenvalue weighted by Gasteiger charge is 2.32. The van der Waals surface area contributed by atoms with Crippen LogP contribution in [0.15, 0.2) is 64.6 Å². The molecule has 0 saturated carbocycles. The van der Waals surface area contributed by atoms with E-state index in [2.05, 4.69) is 10.6 Å². The van der Waals surface area contributed by atoms with E-state index in [0.29, 0.717) is 16.8 Å². The molecule has 6 nitrogen and oxygen atoms in total. The number of furan rings is 1. The smallest absolute Gasteiger partial charge is 0.338 e. The number of hydrogen-bond acceptors (Lipinski definition) is 4. The molecule has 2 amide bonds. The molecular formula is C17H16N2O4. The van der Waals surface area contributed by atoms with Crippen molar-refractivity contribution in [3.8, 4) is 0 Å². The van der Waals surface area contributed by atoms with Crippen molar-refractivity contribution in [3.63, 3.8) is 0 Å². The molecule has 1 atom stereocenters. The number of ether oxygens (including phenoxy) is 1. The second kappa shape index (κ2) is 6.39. The molecule has 3 rings (SSSR count). The number of esters is 1. The number of urea groups is 1. The van der Waals surface area contributed by atoms with Crippen molar-refractivity contribution < 1.29 is 18.7 Å². The SMILES string of the molecule is CC1=C(C(=O)OCc2ccccc2)C(c2ccoc2)NC(=O)N1. The molecule has 1 aliphatic rings. The van der Waals surface area contributed by atoms with Gasteiger partial charge in [-0.15, -0.1) is 0 Å². The normalized spacial score (nSPS) is 17.4. The minimum Gasteiger partial charge on any atom is -0.472 e. The lowest BCUT2D eigenvalue weighted by molar-refractivity contribution is -0.140. The first-order valence-corrected chi connectivity index (χ1v) is 7.16. The molecule has 1 aliphatic heterocycles. The predicted molar refractivity (Wildman–Crippen MR) is 82.1 cm³/mol. The molecule has 2 N–H and O–H groups in total. The van der Waals surface area contributed by atoms with Crippen molar-refractivity contribution in [1.82, 2.24) is 10.6 Å². The van der Waals surface area contributed by atoms with Gasteiger partial charge in [0, 0.05) is 11.3 Å². The van der Waals surface area contributed by atoms with Crippen LogP contribution in [-0.4, -0.2) is 12.0 Å². The minimum absolute atomic E-state index is 0.169. The van der Waals surface area contributed by atoms with Crippen molar-refractivity contribution in [1.29, 1.82) is 0 Å². The maximum absolute atomic E-state index is 12.5. The topological polar surface area (TPSA) is 80.6 Å². The predicted octanol–water partition coefficient (Wildman–Crippen LogP) is 2.65. The molecule has 1 aromatic carbocycles. The second-order valence-electron chi connectivity index (χ2n) is 5.19. The fourth-order valence-electron chi connectivity index (χ4n) is 2.45. The molecule has 6 heteroatoms. The van der Waals surface area contributed by atoms with Crippen LogP contribution in [0.3, 0.4) is 0 Å². The molecule has 2 aromatic rings. The third-order valence-corrected chi connectivity index (χ3v) is 3.58. The Morgan fingerprint density at radius 2 is 2.04 bits per heavy atom. The van der Waals surface area contributed by atoms with E-state index < -0.39 is 12.0 Å². The molecule has 0 bridgehead atoms. The zero-order chi connectivity index (χ0) is 16.2. The average molecular weight is 312 g/mol. The van der Waals surface area contributed by atoms with Crippen LogP contribution in [0.25, 0.3) is 0 Å². The van der Waals surface area contributed by atoms with Crippen LogP contribution >= 0.6 is 0 Å². The summed E-state index contributed by atoms with van der Waals surface area (Å²) >= 11 is 0.